The number of carbonyl (C=O) groups excluding carboxylic acids is 2. The first-order valence-corrected chi connectivity index (χ1v) is 13.5. The van der Waals surface area contributed by atoms with Crippen LogP contribution >= 0.6 is 45.3 Å². The Balaban J connectivity index is 1.37. The molecule has 0 saturated heterocycles. The third-order valence-corrected chi connectivity index (χ3v) is 10.3. The number of halogens is 2. The van der Waals surface area contributed by atoms with Gasteiger partial charge in [0.1, 0.15) is 0 Å². The SMILES string of the molecule is O=C1c2cc3cc(-c4ccc(F)s4)sc3cc2C(=O)c2cc3cc(-c4ccc(F)s4)sc3cc21. The zero-order valence-electron chi connectivity index (χ0n) is 17.0. The van der Waals surface area contributed by atoms with Crippen molar-refractivity contribution in [3.63, 3.8) is 0 Å². The van der Waals surface area contributed by atoms with E-state index in [1.165, 1.54) is 34.8 Å². The van der Waals surface area contributed by atoms with Crippen molar-refractivity contribution >= 4 is 77.1 Å². The molecular weight excluding hydrogens is 511 g/mol. The van der Waals surface area contributed by atoms with Crippen LogP contribution in [0.15, 0.2) is 60.7 Å². The van der Waals surface area contributed by atoms with Crippen molar-refractivity contribution in [3.8, 4) is 19.5 Å². The van der Waals surface area contributed by atoms with Gasteiger partial charge in [0, 0.05) is 51.2 Å². The lowest BCUT2D eigenvalue weighted by Crippen LogP contribution is -2.20. The minimum absolute atomic E-state index is 0.180. The first-order chi connectivity index (χ1) is 16.4. The maximum absolute atomic E-state index is 13.5. The normalized spacial score (nSPS) is 13.1. The highest BCUT2D eigenvalue weighted by Crippen LogP contribution is 2.42. The van der Waals surface area contributed by atoms with E-state index in [0.717, 1.165) is 62.4 Å². The first-order valence-electron chi connectivity index (χ1n) is 10.2. The van der Waals surface area contributed by atoms with Crippen LogP contribution in [-0.4, -0.2) is 11.6 Å². The number of benzene rings is 2. The molecule has 0 unspecified atom stereocenters. The summed E-state index contributed by atoms with van der Waals surface area (Å²) in [6.07, 6.45) is 0. The second-order valence-corrected chi connectivity index (χ2v) is 12.2. The van der Waals surface area contributed by atoms with E-state index < -0.39 is 0 Å². The van der Waals surface area contributed by atoms with Gasteiger partial charge in [-0.05, 0) is 71.4 Å². The summed E-state index contributed by atoms with van der Waals surface area (Å²) < 4.78 is 28.8. The van der Waals surface area contributed by atoms with E-state index in [2.05, 4.69) is 0 Å². The lowest BCUT2D eigenvalue weighted by molar-refractivity contribution is 0.0979. The minimum Gasteiger partial charge on any atom is -0.289 e. The third kappa shape index (κ3) is 2.99. The van der Waals surface area contributed by atoms with Crippen molar-refractivity contribution in [1.29, 1.82) is 0 Å². The summed E-state index contributed by atoms with van der Waals surface area (Å²) >= 11 is 5.10. The summed E-state index contributed by atoms with van der Waals surface area (Å²) in [5, 5.41) is 1.22. The van der Waals surface area contributed by atoms with Crippen LogP contribution in [0.25, 0.3) is 39.7 Å². The molecule has 0 amide bonds. The number of carbonyl (C=O) groups is 2. The summed E-state index contributed by atoms with van der Waals surface area (Å²) in [5.74, 6) is -0.360. The van der Waals surface area contributed by atoms with Gasteiger partial charge in [0.15, 0.2) is 21.8 Å². The van der Waals surface area contributed by atoms with E-state index in [1.54, 1.807) is 36.4 Å². The Morgan fingerprint density at radius 3 is 1.26 bits per heavy atom. The van der Waals surface area contributed by atoms with E-state index >= 15 is 0 Å². The molecule has 34 heavy (non-hydrogen) atoms. The Hall–Kier alpha value is -3.04. The molecule has 2 nitrogen and oxygen atoms in total. The molecule has 0 atom stereocenters. The second kappa shape index (κ2) is 7.23. The van der Waals surface area contributed by atoms with Gasteiger partial charge in [-0.25, -0.2) is 0 Å². The molecule has 0 aliphatic heterocycles. The van der Waals surface area contributed by atoms with Crippen LogP contribution < -0.4 is 0 Å². The highest BCUT2D eigenvalue weighted by molar-refractivity contribution is 7.26. The molecule has 0 spiro atoms. The smallest absolute Gasteiger partial charge is 0.194 e. The van der Waals surface area contributed by atoms with Crippen LogP contribution in [0.2, 0.25) is 0 Å². The standard InChI is InChI=1S/C26H10F2O2S4/c27-23-3-1-17(33-23)21-7-11-5-13-15(9-19(11)31-21)26(30)14-6-12-8-22(18-2-4-24(28)34-18)32-20(12)10-16(14)25(13)29/h1-10H. The third-order valence-electron chi connectivity index (χ3n) is 5.92. The molecule has 4 aromatic heterocycles. The summed E-state index contributed by atoms with van der Waals surface area (Å²) in [6, 6.07) is 17.3. The highest BCUT2D eigenvalue weighted by atomic mass is 32.1. The van der Waals surface area contributed by atoms with E-state index in [9.17, 15) is 18.4 Å². The fraction of sp³-hybridized carbons (Fsp3) is 0. The Morgan fingerprint density at radius 2 is 0.882 bits per heavy atom. The highest BCUT2D eigenvalue weighted by Gasteiger charge is 2.31. The maximum Gasteiger partial charge on any atom is 0.194 e. The second-order valence-electron chi connectivity index (χ2n) is 7.96. The zero-order chi connectivity index (χ0) is 23.1. The number of thiophene rings is 4. The lowest BCUT2D eigenvalue weighted by Gasteiger charge is -2.17. The Labute approximate surface area is 207 Å². The van der Waals surface area contributed by atoms with Gasteiger partial charge in [-0.1, -0.05) is 0 Å². The largest absolute Gasteiger partial charge is 0.289 e. The molecule has 8 heteroatoms. The van der Waals surface area contributed by atoms with Crippen molar-refractivity contribution in [2.24, 2.45) is 0 Å². The molecular formula is C26H10F2O2S4. The molecule has 164 valence electrons. The number of ketones is 2. The van der Waals surface area contributed by atoms with Crippen molar-refractivity contribution in [1.82, 2.24) is 0 Å². The summed E-state index contributed by atoms with van der Waals surface area (Å²) in [6.45, 7) is 0. The van der Waals surface area contributed by atoms with E-state index in [-0.39, 0.29) is 21.8 Å². The van der Waals surface area contributed by atoms with Crippen molar-refractivity contribution in [2.75, 3.05) is 0 Å². The molecule has 1 aliphatic carbocycles. The van der Waals surface area contributed by atoms with Crippen molar-refractivity contribution in [3.05, 3.63) is 93.2 Å². The van der Waals surface area contributed by atoms with Gasteiger partial charge in [-0.3, -0.25) is 9.59 Å². The van der Waals surface area contributed by atoms with Gasteiger partial charge < -0.3 is 0 Å². The van der Waals surface area contributed by atoms with Crippen molar-refractivity contribution < 1.29 is 18.4 Å². The monoisotopic (exact) mass is 520 g/mol. The number of hydrogen-bond donors (Lipinski definition) is 0. The quantitative estimate of drug-likeness (QED) is 0.229. The van der Waals surface area contributed by atoms with Gasteiger partial charge in [0.2, 0.25) is 0 Å². The molecule has 0 bridgehead atoms. The lowest BCUT2D eigenvalue weighted by atomic mass is 9.83. The number of fused-ring (bicyclic) bond motifs is 4. The van der Waals surface area contributed by atoms with E-state index in [1.807, 2.05) is 12.1 Å². The minimum atomic E-state index is -0.250. The molecule has 7 rings (SSSR count). The van der Waals surface area contributed by atoms with Crippen molar-refractivity contribution in [2.45, 2.75) is 0 Å². The molecule has 0 saturated carbocycles. The summed E-state index contributed by atoms with van der Waals surface area (Å²) in [5.41, 5.74) is 1.57. The first kappa shape index (κ1) is 20.3. The van der Waals surface area contributed by atoms with Crippen LogP contribution in [0, 0.1) is 10.3 Å². The molecule has 0 radical (unpaired) electrons. The fourth-order valence-electron chi connectivity index (χ4n) is 4.35. The van der Waals surface area contributed by atoms with Gasteiger partial charge in [-0.2, -0.15) is 8.78 Å². The van der Waals surface area contributed by atoms with Crippen LogP contribution in [0.4, 0.5) is 8.78 Å². The average molecular weight is 521 g/mol. The van der Waals surface area contributed by atoms with Crippen LogP contribution in [0.1, 0.15) is 31.8 Å². The Bertz CT molecular complexity index is 1610. The molecule has 0 fully saturated rings. The zero-order valence-corrected chi connectivity index (χ0v) is 20.2. The fourth-order valence-corrected chi connectivity index (χ4v) is 8.14. The maximum atomic E-state index is 13.5. The summed E-state index contributed by atoms with van der Waals surface area (Å²) in [4.78, 5) is 30.4. The topological polar surface area (TPSA) is 34.1 Å². The molecule has 6 aromatic rings. The van der Waals surface area contributed by atoms with Crippen LogP contribution in [-0.2, 0) is 0 Å². The van der Waals surface area contributed by atoms with Gasteiger partial charge in [0.25, 0.3) is 0 Å². The van der Waals surface area contributed by atoms with Gasteiger partial charge in [-0.15, -0.1) is 45.3 Å². The number of hydrogen-bond acceptors (Lipinski definition) is 6. The van der Waals surface area contributed by atoms with Crippen LogP contribution in [0.3, 0.4) is 0 Å². The average Bonchev–Trinajstić information content (AvgIpc) is 3.60. The molecule has 0 N–H and O–H groups in total. The molecule has 2 aromatic carbocycles. The Morgan fingerprint density at radius 1 is 0.471 bits per heavy atom. The predicted octanol–water partition coefficient (Wildman–Crippen LogP) is 8.63. The number of rotatable bonds is 2. The van der Waals surface area contributed by atoms with Crippen LogP contribution in [0.5, 0.6) is 0 Å². The summed E-state index contributed by atoms with van der Waals surface area (Å²) in [7, 11) is 0. The van der Waals surface area contributed by atoms with E-state index in [0.29, 0.717) is 22.3 Å². The van der Waals surface area contributed by atoms with E-state index in [4.69, 9.17) is 0 Å². The van der Waals surface area contributed by atoms with Gasteiger partial charge in [0.05, 0.1) is 0 Å². The molecule has 1 aliphatic rings. The van der Waals surface area contributed by atoms with Gasteiger partial charge >= 0.3 is 0 Å². The molecule has 4 heterocycles. The Kier molecular flexibility index (Phi) is 4.32. The predicted molar refractivity (Wildman–Crippen MR) is 137 cm³/mol.